The molecule has 5 aromatic rings. The highest BCUT2D eigenvalue weighted by Gasteiger charge is 2.51. The van der Waals surface area contributed by atoms with Gasteiger partial charge < -0.3 is 4.90 Å². The van der Waals surface area contributed by atoms with Gasteiger partial charge in [-0.2, -0.15) is 0 Å². The van der Waals surface area contributed by atoms with Gasteiger partial charge in [-0.1, -0.05) is 99.1 Å². The van der Waals surface area contributed by atoms with Crippen LogP contribution in [0.3, 0.4) is 0 Å². The Morgan fingerprint density at radius 3 is 1.82 bits per heavy atom. The zero-order valence-corrected chi connectivity index (χ0v) is 30.5. The lowest BCUT2D eigenvalue weighted by molar-refractivity contribution is -0.00518. The number of anilines is 3. The van der Waals surface area contributed by atoms with Crippen LogP contribution in [0.15, 0.2) is 115 Å². The lowest BCUT2D eigenvalue weighted by Crippen LogP contribution is -2.48. The van der Waals surface area contributed by atoms with E-state index in [1.54, 1.807) is 11.1 Å². The van der Waals surface area contributed by atoms with Crippen LogP contribution in [0.2, 0.25) is 0 Å². The lowest BCUT2D eigenvalue weighted by Gasteiger charge is -2.57. The zero-order chi connectivity index (χ0) is 33.9. The van der Waals surface area contributed by atoms with Gasteiger partial charge in [-0.3, -0.25) is 0 Å². The van der Waals surface area contributed by atoms with E-state index < -0.39 is 0 Å². The highest BCUT2D eigenvalue weighted by atomic mass is 15.1. The Balaban J connectivity index is 1.07. The standard InChI is InChI=1S/C50H51N/c1-49(2)46-11-7-6-10-42(46)45-27-44(36-8-4-3-5-9-36)48(28-47(45)49)51(40-18-14-37(15-19-40)43-26-32-12-13-38(43)25-32)41-20-16-39(17-21-41)50-29-33-22-34(30-50)24-35(23-33)31-50/h3-11,14-21,27-28,32-35,38,43H,12-13,22-26,29-31H2,1-2H3. The first-order chi connectivity index (χ1) is 24.9. The van der Waals surface area contributed by atoms with Gasteiger partial charge in [-0.15, -0.1) is 0 Å². The summed E-state index contributed by atoms with van der Waals surface area (Å²) in [4.78, 5) is 2.59. The van der Waals surface area contributed by atoms with Gasteiger partial charge in [-0.25, -0.2) is 0 Å². The third-order valence-electron chi connectivity index (χ3n) is 15.1. The maximum Gasteiger partial charge on any atom is 0.0543 e. The molecule has 6 bridgehead atoms. The molecular formula is C50H51N. The summed E-state index contributed by atoms with van der Waals surface area (Å²) >= 11 is 0. The second-order valence-corrected chi connectivity index (χ2v) is 18.4. The molecule has 0 aliphatic heterocycles. The second-order valence-electron chi connectivity index (χ2n) is 18.4. The number of rotatable bonds is 6. The minimum absolute atomic E-state index is 0.0738. The van der Waals surface area contributed by atoms with Crippen LogP contribution in [-0.4, -0.2) is 0 Å². The molecule has 0 radical (unpaired) electrons. The molecule has 0 aromatic heterocycles. The van der Waals surface area contributed by atoms with Crippen molar-refractivity contribution in [2.45, 2.75) is 94.8 Å². The SMILES string of the molecule is CC1(C)c2ccccc2-c2cc(-c3ccccc3)c(N(c3ccc(C4CC5CCC4C5)cc3)c3ccc(C45CC6CC(CC(C6)C4)C5)cc3)cc21. The lowest BCUT2D eigenvalue weighted by atomic mass is 9.48. The summed E-state index contributed by atoms with van der Waals surface area (Å²) in [6, 6.07) is 45.1. The predicted molar refractivity (Wildman–Crippen MR) is 212 cm³/mol. The molecule has 0 spiro atoms. The first kappa shape index (κ1) is 30.5. The van der Waals surface area contributed by atoms with Gasteiger partial charge >= 0.3 is 0 Å². The van der Waals surface area contributed by atoms with Crippen LogP contribution in [0, 0.1) is 29.6 Å². The van der Waals surface area contributed by atoms with E-state index in [0.29, 0.717) is 5.41 Å². The summed E-state index contributed by atoms with van der Waals surface area (Å²) in [7, 11) is 0. The molecule has 7 aliphatic carbocycles. The number of nitrogens with zero attached hydrogens (tertiary/aromatic N) is 1. The predicted octanol–water partition coefficient (Wildman–Crippen LogP) is 13.5. The van der Waals surface area contributed by atoms with Crippen molar-refractivity contribution < 1.29 is 0 Å². The number of hydrogen-bond acceptors (Lipinski definition) is 1. The molecule has 0 amide bonds. The molecule has 0 heterocycles. The molecule has 51 heavy (non-hydrogen) atoms. The Morgan fingerprint density at radius 2 is 1.18 bits per heavy atom. The summed E-state index contributed by atoms with van der Waals surface area (Å²) in [5, 5.41) is 0. The van der Waals surface area contributed by atoms with Gasteiger partial charge in [0, 0.05) is 22.4 Å². The summed E-state index contributed by atoms with van der Waals surface area (Å²) in [5.74, 6) is 5.44. The Morgan fingerprint density at radius 1 is 0.529 bits per heavy atom. The maximum atomic E-state index is 2.59. The van der Waals surface area contributed by atoms with Crippen LogP contribution >= 0.6 is 0 Å². The average Bonchev–Trinajstić information content (AvgIpc) is 3.85. The van der Waals surface area contributed by atoms with Crippen molar-refractivity contribution >= 4 is 17.1 Å². The molecule has 7 aliphatic rings. The highest BCUT2D eigenvalue weighted by Crippen LogP contribution is 2.61. The minimum atomic E-state index is -0.0738. The monoisotopic (exact) mass is 665 g/mol. The molecule has 6 saturated carbocycles. The molecule has 5 aromatic carbocycles. The van der Waals surface area contributed by atoms with E-state index in [1.807, 2.05) is 0 Å². The summed E-state index contributed by atoms with van der Waals surface area (Å²) < 4.78 is 0. The fraction of sp³-hybridized carbons (Fsp3) is 0.400. The van der Waals surface area contributed by atoms with Gasteiger partial charge in [-0.05, 0) is 174 Å². The normalized spacial score (nSPS) is 30.4. The van der Waals surface area contributed by atoms with Crippen LogP contribution < -0.4 is 4.90 Å². The van der Waals surface area contributed by atoms with Crippen LogP contribution in [0.25, 0.3) is 22.3 Å². The molecular weight excluding hydrogens is 615 g/mol. The van der Waals surface area contributed by atoms with E-state index in [0.717, 1.165) is 35.5 Å². The molecule has 256 valence electrons. The molecule has 12 rings (SSSR count). The van der Waals surface area contributed by atoms with Crippen molar-refractivity contribution in [1.82, 2.24) is 0 Å². The van der Waals surface area contributed by atoms with Crippen molar-refractivity contribution in [1.29, 1.82) is 0 Å². The zero-order valence-electron chi connectivity index (χ0n) is 30.5. The molecule has 1 nitrogen and oxygen atoms in total. The van der Waals surface area contributed by atoms with Crippen molar-refractivity contribution in [2.24, 2.45) is 29.6 Å². The molecule has 0 saturated heterocycles. The number of hydrogen-bond donors (Lipinski definition) is 0. The van der Waals surface area contributed by atoms with Crippen molar-refractivity contribution in [3.63, 3.8) is 0 Å². The fourth-order valence-corrected chi connectivity index (χ4v) is 13.1. The van der Waals surface area contributed by atoms with E-state index in [9.17, 15) is 0 Å². The van der Waals surface area contributed by atoms with Crippen LogP contribution in [0.4, 0.5) is 17.1 Å². The van der Waals surface area contributed by atoms with E-state index in [2.05, 4.69) is 134 Å². The Kier molecular flexibility index (Phi) is 6.70. The molecule has 0 N–H and O–H groups in total. The third kappa shape index (κ3) is 4.72. The van der Waals surface area contributed by atoms with Crippen molar-refractivity contribution in [2.75, 3.05) is 4.90 Å². The third-order valence-corrected chi connectivity index (χ3v) is 15.1. The Hall–Kier alpha value is -4.10. The van der Waals surface area contributed by atoms with Gasteiger partial charge in [0.1, 0.15) is 0 Å². The van der Waals surface area contributed by atoms with E-state index >= 15 is 0 Å². The van der Waals surface area contributed by atoms with Gasteiger partial charge in [0.15, 0.2) is 0 Å². The second kappa shape index (κ2) is 11.2. The van der Waals surface area contributed by atoms with Gasteiger partial charge in [0.25, 0.3) is 0 Å². The molecule has 3 unspecified atom stereocenters. The molecule has 3 atom stereocenters. The highest BCUT2D eigenvalue weighted by molar-refractivity contribution is 5.94. The number of benzene rings is 5. The van der Waals surface area contributed by atoms with E-state index in [-0.39, 0.29) is 5.41 Å². The topological polar surface area (TPSA) is 3.24 Å². The average molecular weight is 666 g/mol. The first-order valence-electron chi connectivity index (χ1n) is 20.3. The van der Waals surface area contributed by atoms with E-state index in [4.69, 9.17) is 0 Å². The smallest absolute Gasteiger partial charge is 0.0543 e. The maximum absolute atomic E-state index is 2.59. The summed E-state index contributed by atoms with van der Waals surface area (Å²) in [5.41, 5.74) is 15.5. The summed E-state index contributed by atoms with van der Waals surface area (Å²) in [6.45, 7) is 4.83. The van der Waals surface area contributed by atoms with Gasteiger partial charge in [0.2, 0.25) is 0 Å². The van der Waals surface area contributed by atoms with Gasteiger partial charge in [0.05, 0.1) is 5.69 Å². The Labute approximate surface area is 305 Å². The molecule has 1 heteroatoms. The largest absolute Gasteiger partial charge is 0.310 e. The van der Waals surface area contributed by atoms with E-state index in [1.165, 1.54) is 115 Å². The minimum Gasteiger partial charge on any atom is -0.310 e. The van der Waals surface area contributed by atoms with Crippen molar-refractivity contribution in [3.8, 4) is 22.3 Å². The van der Waals surface area contributed by atoms with Crippen LogP contribution in [-0.2, 0) is 10.8 Å². The first-order valence-corrected chi connectivity index (χ1v) is 20.3. The summed E-state index contributed by atoms with van der Waals surface area (Å²) in [6.07, 6.45) is 14.4. The fourth-order valence-electron chi connectivity index (χ4n) is 13.1. The number of fused-ring (bicyclic) bond motifs is 5. The van der Waals surface area contributed by atoms with Crippen LogP contribution in [0.1, 0.15) is 106 Å². The molecule has 6 fully saturated rings. The van der Waals surface area contributed by atoms with Crippen molar-refractivity contribution in [3.05, 3.63) is 138 Å². The van der Waals surface area contributed by atoms with Crippen LogP contribution in [0.5, 0.6) is 0 Å². The quantitative estimate of drug-likeness (QED) is 0.174. The Bertz CT molecular complexity index is 2080.